The Morgan fingerprint density at radius 3 is 2.39 bits per heavy atom. The monoisotopic (exact) mass is 334 g/mol. The first-order valence-electron chi connectivity index (χ1n) is 7.08. The van der Waals surface area contributed by atoms with Gasteiger partial charge >= 0.3 is 0 Å². The highest BCUT2D eigenvalue weighted by molar-refractivity contribution is 7.80. The third-order valence-electron chi connectivity index (χ3n) is 3.35. The Labute approximate surface area is 140 Å². The first-order valence-corrected chi connectivity index (χ1v) is 7.49. The van der Waals surface area contributed by atoms with Crippen molar-refractivity contribution in [2.75, 3.05) is 19.5 Å². The van der Waals surface area contributed by atoms with Crippen molar-refractivity contribution in [3.8, 4) is 11.5 Å². The van der Waals surface area contributed by atoms with Gasteiger partial charge in [0.1, 0.15) is 17.3 Å². The van der Waals surface area contributed by atoms with Gasteiger partial charge in [0.25, 0.3) is 0 Å². The molecule has 0 aromatic heterocycles. The molecule has 2 N–H and O–H groups in total. The minimum absolute atomic E-state index is 0.0968. The van der Waals surface area contributed by atoms with E-state index in [0.29, 0.717) is 10.8 Å². The summed E-state index contributed by atoms with van der Waals surface area (Å²) in [4.78, 5) is 0. The Morgan fingerprint density at radius 2 is 1.78 bits per heavy atom. The van der Waals surface area contributed by atoms with Gasteiger partial charge in [-0.1, -0.05) is 0 Å². The molecule has 0 aliphatic heterocycles. The van der Waals surface area contributed by atoms with Crippen LogP contribution >= 0.6 is 12.2 Å². The largest absolute Gasteiger partial charge is 0.497 e. The standard InChI is InChI=1S/C17H19FN2O2S/c1-11(15-10-14(21-2)8-9-16(15)22-3)19-17(23)20-13-6-4-12(18)5-7-13/h4-11H,1-3H3,(H2,19,20,23). The Morgan fingerprint density at radius 1 is 1.09 bits per heavy atom. The zero-order chi connectivity index (χ0) is 16.8. The summed E-state index contributed by atoms with van der Waals surface area (Å²) in [6.45, 7) is 1.97. The van der Waals surface area contributed by atoms with Crippen molar-refractivity contribution >= 4 is 23.0 Å². The first-order chi connectivity index (χ1) is 11.0. The molecule has 1 unspecified atom stereocenters. The van der Waals surface area contributed by atoms with Crippen molar-refractivity contribution in [1.82, 2.24) is 5.32 Å². The number of hydrogen-bond acceptors (Lipinski definition) is 3. The fraction of sp³-hybridized carbons (Fsp3) is 0.235. The number of rotatable bonds is 5. The van der Waals surface area contributed by atoms with Crippen LogP contribution < -0.4 is 20.1 Å². The average Bonchev–Trinajstić information content (AvgIpc) is 2.56. The zero-order valence-electron chi connectivity index (χ0n) is 13.2. The van der Waals surface area contributed by atoms with Crippen LogP contribution in [0.15, 0.2) is 42.5 Å². The number of nitrogens with one attached hydrogen (secondary N) is 2. The molecule has 2 aromatic rings. The molecule has 23 heavy (non-hydrogen) atoms. The molecule has 0 aliphatic carbocycles. The predicted octanol–water partition coefficient (Wildman–Crippen LogP) is 3.89. The van der Waals surface area contributed by atoms with Gasteiger partial charge in [0, 0.05) is 11.3 Å². The Balaban J connectivity index is 2.07. The van der Waals surface area contributed by atoms with Crippen LogP contribution in [-0.2, 0) is 0 Å². The molecule has 0 aliphatic rings. The predicted molar refractivity (Wildman–Crippen MR) is 93.7 cm³/mol. The third kappa shape index (κ3) is 4.56. The lowest BCUT2D eigenvalue weighted by atomic mass is 10.1. The van der Waals surface area contributed by atoms with Gasteiger partial charge in [-0.3, -0.25) is 0 Å². The van der Waals surface area contributed by atoms with Gasteiger partial charge < -0.3 is 20.1 Å². The highest BCUT2D eigenvalue weighted by Gasteiger charge is 2.14. The third-order valence-corrected chi connectivity index (χ3v) is 3.57. The molecular formula is C17H19FN2O2S. The molecule has 122 valence electrons. The summed E-state index contributed by atoms with van der Waals surface area (Å²) in [6, 6.07) is 11.5. The van der Waals surface area contributed by atoms with Crippen molar-refractivity contribution in [2.24, 2.45) is 0 Å². The average molecular weight is 334 g/mol. The number of hydrogen-bond donors (Lipinski definition) is 2. The first kappa shape index (κ1) is 17.0. The second-order valence-corrected chi connectivity index (χ2v) is 5.34. The fourth-order valence-electron chi connectivity index (χ4n) is 2.15. The molecule has 0 heterocycles. The molecule has 4 nitrogen and oxygen atoms in total. The number of thiocarbonyl (C=S) groups is 1. The highest BCUT2D eigenvalue weighted by Crippen LogP contribution is 2.29. The van der Waals surface area contributed by atoms with Crippen LogP contribution in [0.4, 0.5) is 10.1 Å². The van der Waals surface area contributed by atoms with Crippen molar-refractivity contribution in [3.05, 3.63) is 53.8 Å². The van der Waals surface area contributed by atoms with Crippen LogP contribution in [0.5, 0.6) is 11.5 Å². The summed E-state index contributed by atoms with van der Waals surface area (Å²) in [5.74, 6) is 1.20. The van der Waals surface area contributed by atoms with E-state index in [9.17, 15) is 4.39 Å². The van der Waals surface area contributed by atoms with E-state index in [-0.39, 0.29) is 11.9 Å². The molecular weight excluding hydrogens is 315 g/mol. The summed E-state index contributed by atoms with van der Waals surface area (Å²) < 4.78 is 23.5. The molecule has 2 rings (SSSR count). The summed E-state index contributed by atoms with van der Waals surface area (Å²) >= 11 is 5.30. The van der Waals surface area contributed by atoms with Gasteiger partial charge in [0.05, 0.1) is 20.3 Å². The maximum atomic E-state index is 12.9. The topological polar surface area (TPSA) is 42.5 Å². The number of halogens is 1. The second-order valence-electron chi connectivity index (χ2n) is 4.93. The maximum absolute atomic E-state index is 12.9. The Kier molecular flexibility index (Phi) is 5.76. The van der Waals surface area contributed by atoms with Crippen molar-refractivity contribution < 1.29 is 13.9 Å². The molecule has 2 aromatic carbocycles. The van der Waals surface area contributed by atoms with E-state index >= 15 is 0 Å². The molecule has 0 saturated carbocycles. The van der Waals surface area contributed by atoms with Crippen molar-refractivity contribution in [2.45, 2.75) is 13.0 Å². The van der Waals surface area contributed by atoms with E-state index in [1.54, 1.807) is 26.4 Å². The number of benzene rings is 2. The van der Waals surface area contributed by atoms with E-state index in [1.165, 1.54) is 12.1 Å². The van der Waals surface area contributed by atoms with Crippen LogP contribution in [0.1, 0.15) is 18.5 Å². The molecule has 0 spiro atoms. The summed E-state index contributed by atoms with van der Waals surface area (Å²) in [5, 5.41) is 6.63. The lowest BCUT2D eigenvalue weighted by molar-refractivity contribution is 0.395. The zero-order valence-corrected chi connectivity index (χ0v) is 14.0. The van der Waals surface area contributed by atoms with Gasteiger partial charge in [-0.05, 0) is 61.6 Å². The van der Waals surface area contributed by atoms with E-state index in [4.69, 9.17) is 21.7 Å². The van der Waals surface area contributed by atoms with Gasteiger partial charge in [0.15, 0.2) is 5.11 Å². The van der Waals surface area contributed by atoms with E-state index in [0.717, 1.165) is 17.1 Å². The highest BCUT2D eigenvalue weighted by atomic mass is 32.1. The smallest absolute Gasteiger partial charge is 0.171 e. The molecule has 0 amide bonds. The number of ether oxygens (including phenoxy) is 2. The number of anilines is 1. The van der Waals surface area contributed by atoms with E-state index < -0.39 is 0 Å². The Bertz CT molecular complexity index is 677. The summed E-state index contributed by atoms with van der Waals surface area (Å²) in [6.07, 6.45) is 0. The fourth-order valence-corrected chi connectivity index (χ4v) is 2.45. The van der Waals surface area contributed by atoms with E-state index in [1.807, 2.05) is 25.1 Å². The summed E-state index contributed by atoms with van der Waals surface area (Å²) in [5.41, 5.74) is 1.64. The van der Waals surface area contributed by atoms with Crippen LogP contribution in [-0.4, -0.2) is 19.3 Å². The minimum Gasteiger partial charge on any atom is -0.497 e. The lowest BCUT2D eigenvalue weighted by Gasteiger charge is -2.20. The Hall–Kier alpha value is -2.34. The van der Waals surface area contributed by atoms with Crippen molar-refractivity contribution in [3.63, 3.8) is 0 Å². The molecule has 0 radical (unpaired) electrons. The van der Waals surface area contributed by atoms with Crippen LogP contribution in [0.25, 0.3) is 0 Å². The van der Waals surface area contributed by atoms with Gasteiger partial charge in [-0.2, -0.15) is 0 Å². The van der Waals surface area contributed by atoms with Gasteiger partial charge in [-0.25, -0.2) is 4.39 Å². The SMILES string of the molecule is COc1ccc(OC)c(C(C)NC(=S)Nc2ccc(F)cc2)c1. The molecule has 0 bridgehead atoms. The second kappa shape index (κ2) is 7.78. The molecule has 6 heteroatoms. The van der Waals surface area contributed by atoms with Gasteiger partial charge in [0.2, 0.25) is 0 Å². The normalized spacial score (nSPS) is 11.5. The number of methoxy groups -OCH3 is 2. The van der Waals surface area contributed by atoms with Gasteiger partial charge in [-0.15, -0.1) is 0 Å². The summed E-state index contributed by atoms with van der Waals surface area (Å²) in [7, 11) is 3.23. The maximum Gasteiger partial charge on any atom is 0.171 e. The van der Waals surface area contributed by atoms with Crippen LogP contribution in [0.3, 0.4) is 0 Å². The van der Waals surface area contributed by atoms with Crippen LogP contribution in [0, 0.1) is 5.82 Å². The molecule has 0 fully saturated rings. The van der Waals surface area contributed by atoms with E-state index in [2.05, 4.69) is 10.6 Å². The quantitative estimate of drug-likeness (QED) is 0.812. The molecule has 1 atom stereocenters. The lowest BCUT2D eigenvalue weighted by Crippen LogP contribution is -2.31. The molecule has 0 saturated heterocycles. The van der Waals surface area contributed by atoms with Crippen LogP contribution in [0.2, 0.25) is 0 Å². The minimum atomic E-state index is -0.288. The van der Waals surface area contributed by atoms with Crippen molar-refractivity contribution in [1.29, 1.82) is 0 Å².